The maximum Gasteiger partial charge on any atom is 0.217 e. The molecule has 2 nitrogen and oxygen atoms in total. The van der Waals surface area contributed by atoms with Crippen molar-refractivity contribution >= 4 is 31.9 Å². The molecule has 0 aliphatic carbocycles. The van der Waals surface area contributed by atoms with E-state index in [0.717, 1.165) is 5.56 Å². The molecular weight excluding hydrogens is 312 g/mol. The third kappa shape index (κ3) is 2.19. The zero-order valence-electron chi connectivity index (χ0n) is 8.04. The molecule has 0 heterocycles. The molecule has 0 fully saturated rings. The summed E-state index contributed by atoms with van der Waals surface area (Å²) in [5, 5.41) is 0. The van der Waals surface area contributed by atoms with Crippen LogP contribution in [0.4, 0.5) is 0 Å². The van der Waals surface area contributed by atoms with E-state index < -0.39 is 5.79 Å². The van der Waals surface area contributed by atoms with Crippen molar-refractivity contribution in [3.8, 4) is 0 Å². The van der Waals surface area contributed by atoms with E-state index in [2.05, 4.69) is 31.9 Å². The first-order valence-corrected chi connectivity index (χ1v) is 5.94. The fraction of sp³-hybridized carbons (Fsp3) is 0.400. The molecule has 0 bridgehead atoms. The minimum atomic E-state index is -0.790. The summed E-state index contributed by atoms with van der Waals surface area (Å²) in [6.45, 7) is 0. The summed E-state index contributed by atoms with van der Waals surface area (Å²) in [7, 11) is 3.23. The van der Waals surface area contributed by atoms with Gasteiger partial charge in [0, 0.05) is 19.8 Å². The predicted octanol–water partition coefficient (Wildman–Crippen LogP) is 3.25. The van der Waals surface area contributed by atoms with Crippen LogP contribution in [0.3, 0.4) is 0 Å². The first kappa shape index (κ1) is 12.2. The van der Waals surface area contributed by atoms with Crippen molar-refractivity contribution in [1.82, 2.24) is 0 Å². The minimum absolute atomic E-state index is 0.111. The smallest absolute Gasteiger partial charge is 0.217 e. The van der Waals surface area contributed by atoms with Crippen LogP contribution in [0.2, 0.25) is 0 Å². The van der Waals surface area contributed by atoms with E-state index in [9.17, 15) is 0 Å². The Morgan fingerprint density at radius 2 is 1.57 bits per heavy atom. The van der Waals surface area contributed by atoms with Crippen LogP contribution in [-0.2, 0) is 15.3 Å². The second-order valence-electron chi connectivity index (χ2n) is 2.74. The highest BCUT2D eigenvalue weighted by atomic mass is 79.9. The Kier molecular flexibility index (Phi) is 4.57. The van der Waals surface area contributed by atoms with Crippen LogP contribution >= 0.6 is 31.9 Å². The fourth-order valence-electron chi connectivity index (χ4n) is 1.29. The third-order valence-electron chi connectivity index (χ3n) is 2.07. The van der Waals surface area contributed by atoms with Gasteiger partial charge in [-0.1, -0.05) is 62.2 Å². The standard InChI is InChI=1S/C10H12Br2O2/c1-13-10(14-2,9(11)12)8-6-4-3-5-7-8/h3-7,9H,1-2H3. The number of benzene rings is 1. The lowest BCUT2D eigenvalue weighted by Gasteiger charge is -2.32. The van der Waals surface area contributed by atoms with Crippen molar-refractivity contribution in [2.45, 2.75) is 9.52 Å². The average molecular weight is 324 g/mol. The molecule has 0 N–H and O–H groups in total. The zero-order chi connectivity index (χ0) is 10.6. The molecule has 0 saturated carbocycles. The van der Waals surface area contributed by atoms with Crippen molar-refractivity contribution < 1.29 is 9.47 Å². The van der Waals surface area contributed by atoms with Crippen molar-refractivity contribution in [2.24, 2.45) is 0 Å². The molecule has 0 aromatic heterocycles. The van der Waals surface area contributed by atoms with Crippen LogP contribution in [0.1, 0.15) is 5.56 Å². The molecule has 1 aromatic carbocycles. The SMILES string of the molecule is COC(OC)(c1ccccc1)C(Br)Br. The summed E-state index contributed by atoms with van der Waals surface area (Å²) in [4.78, 5) is 0. The Balaban J connectivity index is 3.11. The van der Waals surface area contributed by atoms with Crippen LogP contribution in [0.25, 0.3) is 0 Å². The van der Waals surface area contributed by atoms with E-state index in [0.29, 0.717) is 0 Å². The van der Waals surface area contributed by atoms with Crippen molar-refractivity contribution in [2.75, 3.05) is 14.2 Å². The van der Waals surface area contributed by atoms with Crippen LogP contribution in [0, 0.1) is 0 Å². The summed E-state index contributed by atoms with van der Waals surface area (Å²) >= 11 is 6.84. The van der Waals surface area contributed by atoms with Gasteiger partial charge in [0.15, 0.2) is 0 Å². The second kappa shape index (κ2) is 5.26. The van der Waals surface area contributed by atoms with Gasteiger partial charge in [0.25, 0.3) is 0 Å². The highest BCUT2D eigenvalue weighted by Crippen LogP contribution is 2.37. The topological polar surface area (TPSA) is 18.5 Å². The van der Waals surface area contributed by atoms with Gasteiger partial charge in [0.05, 0.1) is 0 Å². The fourth-order valence-corrected chi connectivity index (χ4v) is 2.57. The molecule has 78 valence electrons. The van der Waals surface area contributed by atoms with Crippen LogP contribution < -0.4 is 0 Å². The lowest BCUT2D eigenvalue weighted by atomic mass is 10.1. The van der Waals surface area contributed by atoms with Crippen molar-refractivity contribution in [3.05, 3.63) is 35.9 Å². The molecule has 0 atom stereocenters. The number of alkyl halides is 2. The van der Waals surface area contributed by atoms with Gasteiger partial charge in [0.1, 0.15) is 3.74 Å². The van der Waals surface area contributed by atoms with Crippen LogP contribution in [0.15, 0.2) is 30.3 Å². The quantitative estimate of drug-likeness (QED) is 0.625. The zero-order valence-corrected chi connectivity index (χ0v) is 11.2. The number of rotatable bonds is 4. The Labute approximate surface area is 101 Å². The van der Waals surface area contributed by atoms with E-state index in [1.165, 1.54) is 0 Å². The van der Waals surface area contributed by atoms with E-state index in [1.54, 1.807) is 14.2 Å². The van der Waals surface area contributed by atoms with Crippen LogP contribution in [-0.4, -0.2) is 18.0 Å². The van der Waals surface area contributed by atoms with Crippen molar-refractivity contribution in [1.29, 1.82) is 0 Å². The number of hydrogen-bond acceptors (Lipinski definition) is 2. The van der Waals surface area contributed by atoms with Gasteiger partial charge in [-0.25, -0.2) is 0 Å². The van der Waals surface area contributed by atoms with E-state index in [4.69, 9.17) is 9.47 Å². The first-order chi connectivity index (χ1) is 6.67. The molecule has 1 rings (SSSR count). The summed E-state index contributed by atoms with van der Waals surface area (Å²) in [6, 6.07) is 9.77. The van der Waals surface area contributed by atoms with Crippen LogP contribution in [0.5, 0.6) is 0 Å². The molecule has 0 aliphatic heterocycles. The Morgan fingerprint density at radius 3 is 1.93 bits per heavy atom. The Morgan fingerprint density at radius 1 is 1.07 bits per heavy atom. The molecule has 0 radical (unpaired) electrons. The van der Waals surface area contributed by atoms with E-state index >= 15 is 0 Å². The summed E-state index contributed by atoms with van der Waals surface area (Å²) in [5.74, 6) is -0.790. The molecule has 0 amide bonds. The molecular formula is C10H12Br2O2. The normalized spacial score (nSPS) is 12.1. The average Bonchev–Trinajstić information content (AvgIpc) is 2.22. The van der Waals surface area contributed by atoms with Gasteiger partial charge < -0.3 is 9.47 Å². The molecule has 0 aliphatic rings. The lowest BCUT2D eigenvalue weighted by Crippen LogP contribution is -2.36. The second-order valence-corrected chi connectivity index (χ2v) is 5.80. The van der Waals surface area contributed by atoms with Gasteiger partial charge in [0.2, 0.25) is 5.79 Å². The molecule has 1 aromatic rings. The molecule has 14 heavy (non-hydrogen) atoms. The maximum atomic E-state index is 5.42. The van der Waals surface area contributed by atoms with Gasteiger partial charge in [-0.15, -0.1) is 0 Å². The highest BCUT2D eigenvalue weighted by molar-refractivity contribution is 9.24. The molecule has 0 unspecified atom stereocenters. The van der Waals surface area contributed by atoms with Gasteiger partial charge >= 0.3 is 0 Å². The number of halogens is 2. The summed E-state index contributed by atoms with van der Waals surface area (Å²) < 4.78 is 10.7. The largest absolute Gasteiger partial charge is 0.348 e. The Bertz CT molecular complexity index is 271. The summed E-state index contributed by atoms with van der Waals surface area (Å²) in [6.07, 6.45) is 0. The number of hydrogen-bond donors (Lipinski definition) is 0. The maximum absolute atomic E-state index is 5.42. The van der Waals surface area contributed by atoms with Gasteiger partial charge in [-0.05, 0) is 0 Å². The molecule has 4 heteroatoms. The van der Waals surface area contributed by atoms with Crippen molar-refractivity contribution in [3.63, 3.8) is 0 Å². The number of methoxy groups -OCH3 is 2. The predicted molar refractivity (Wildman–Crippen MR) is 63.8 cm³/mol. The first-order valence-electron chi connectivity index (χ1n) is 4.11. The minimum Gasteiger partial charge on any atom is -0.348 e. The monoisotopic (exact) mass is 322 g/mol. The number of ether oxygens (including phenoxy) is 2. The Hall–Kier alpha value is 0.1000. The molecule has 0 saturated heterocycles. The van der Waals surface area contributed by atoms with E-state index in [-0.39, 0.29) is 3.74 Å². The highest BCUT2D eigenvalue weighted by Gasteiger charge is 2.38. The van der Waals surface area contributed by atoms with Gasteiger partial charge in [-0.3, -0.25) is 0 Å². The molecule has 0 spiro atoms. The lowest BCUT2D eigenvalue weighted by molar-refractivity contribution is -0.201. The summed E-state index contributed by atoms with van der Waals surface area (Å²) in [5.41, 5.74) is 0.962. The third-order valence-corrected chi connectivity index (χ3v) is 3.28. The van der Waals surface area contributed by atoms with E-state index in [1.807, 2.05) is 30.3 Å². The van der Waals surface area contributed by atoms with Gasteiger partial charge in [-0.2, -0.15) is 0 Å².